The molecule has 4 rings (SSSR count). The molecular weight excluding hydrogens is 643 g/mol. The van der Waals surface area contributed by atoms with Gasteiger partial charge < -0.3 is 15.0 Å². The molecule has 0 heterocycles. The molecule has 0 saturated heterocycles. The molecule has 0 unspecified atom stereocenters. The molecule has 0 saturated carbocycles. The molecule has 0 aliphatic heterocycles. The van der Waals surface area contributed by atoms with E-state index >= 15 is 0 Å². The van der Waals surface area contributed by atoms with Crippen molar-refractivity contribution in [2.45, 2.75) is 43.9 Å². The van der Waals surface area contributed by atoms with Crippen LogP contribution >= 0.6 is 0 Å². The highest BCUT2D eigenvalue weighted by Crippen LogP contribution is 2.33. The maximum Gasteiger partial charge on any atom is 0.416 e. The first kappa shape index (κ1) is 36.0. The van der Waals surface area contributed by atoms with Crippen molar-refractivity contribution in [3.05, 3.63) is 126 Å². The number of methoxy groups -OCH3 is 1. The highest BCUT2D eigenvalue weighted by molar-refractivity contribution is 7.92. The lowest BCUT2D eigenvalue weighted by Crippen LogP contribution is -2.53. The number of rotatable bonds is 14. The van der Waals surface area contributed by atoms with Crippen molar-refractivity contribution in [1.29, 1.82) is 0 Å². The van der Waals surface area contributed by atoms with E-state index in [4.69, 9.17) is 4.74 Å². The second-order valence-electron chi connectivity index (χ2n) is 11.6. The van der Waals surface area contributed by atoms with Crippen LogP contribution in [-0.2, 0) is 38.8 Å². The van der Waals surface area contributed by atoms with Gasteiger partial charge in [-0.1, -0.05) is 80.6 Å². The van der Waals surface area contributed by atoms with E-state index in [1.54, 1.807) is 42.5 Å². The Morgan fingerprint density at radius 1 is 0.833 bits per heavy atom. The van der Waals surface area contributed by atoms with Gasteiger partial charge in [0.2, 0.25) is 11.8 Å². The van der Waals surface area contributed by atoms with Gasteiger partial charge >= 0.3 is 6.18 Å². The van der Waals surface area contributed by atoms with Crippen LogP contribution in [0.5, 0.6) is 5.75 Å². The van der Waals surface area contributed by atoms with E-state index in [1.807, 2.05) is 32.0 Å². The highest BCUT2D eigenvalue weighted by Gasteiger charge is 2.36. The molecule has 8 nitrogen and oxygen atoms in total. The largest absolute Gasteiger partial charge is 0.497 e. The van der Waals surface area contributed by atoms with E-state index in [-0.39, 0.29) is 29.5 Å². The fourth-order valence-corrected chi connectivity index (χ4v) is 6.46. The lowest BCUT2D eigenvalue weighted by molar-refractivity contribution is -0.140. The number of halogens is 3. The van der Waals surface area contributed by atoms with Gasteiger partial charge in [0.25, 0.3) is 10.0 Å². The molecule has 0 aliphatic carbocycles. The zero-order valence-electron chi connectivity index (χ0n) is 26.9. The van der Waals surface area contributed by atoms with Gasteiger partial charge in [-0.2, -0.15) is 13.2 Å². The van der Waals surface area contributed by atoms with Gasteiger partial charge in [0.05, 0.1) is 23.3 Å². The average molecular weight is 682 g/mol. The maximum absolute atomic E-state index is 14.5. The van der Waals surface area contributed by atoms with Crippen LogP contribution in [0.4, 0.5) is 18.9 Å². The molecule has 1 N–H and O–H groups in total. The first-order chi connectivity index (χ1) is 22.8. The minimum atomic E-state index is -4.77. The predicted molar refractivity (Wildman–Crippen MR) is 178 cm³/mol. The topological polar surface area (TPSA) is 96.0 Å². The molecule has 0 bridgehead atoms. The fraction of sp³-hybridized carbons (Fsp3) is 0.278. The third-order valence-corrected chi connectivity index (χ3v) is 9.30. The molecule has 12 heteroatoms. The molecule has 254 valence electrons. The summed E-state index contributed by atoms with van der Waals surface area (Å²) in [7, 11) is -3.07. The van der Waals surface area contributed by atoms with Crippen LogP contribution in [0.25, 0.3) is 0 Å². The number of hydrogen-bond donors (Lipinski definition) is 1. The molecule has 4 aromatic rings. The summed E-state index contributed by atoms with van der Waals surface area (Å²) in [4.78, 5) is 29.4. The lowest BCUT2D eigenvalue weighted by atomic mass is 10.0. The van der Waals surface area contributed by atoms with E-state index in [1.165, 1.54) is 42.3 Å². The maximum atomic E-state index is 14.5. The quantitative estimate of drug-likeness (QED) is 0.168. The number of benzene rings is 4. The minimum Gasteiger partial charge on any atom is -0.497 e. The monoisotopic (exact) mass is 681 g/mol. The number of amides is 2. The Hall–Kier alpha value is -4.84. The first-order valence-corrected chi connectivity index (χ1v) is 16.7. The van der Waals surface area contributed by atoms with Crippen LogP contribution < -0.4 is 14.4 Å². The summed E-state index contributed by atoms with van der Waals surface area (Å²) in [5.74, 6) is -0.655. The number of hydrogen-bond acceptors (Lipinski definition) is 5. The number of carbonyl (C=O) groups excluding carboxylic acids is 2. The summed E-state index contributed by atoms with van der Waals surface area (Å²) in [6.07, 6.45) is -4.68. The number of ether oxygens (including phenoxy) is 1. The van der Waals surface area contributed by atoms with Crippen LogP contribution in [-0.4, -0.2) is 51.4 Å². The van der Waals surface area contributed by atoms with Crippen molar-refractivity contribution in [3.8, 4) is 5.75 Å². The predicted octanol–water partition coefficient (Wildman–Crippen LogP) is 6.32. The summed E-state index contributed by atoms with van der Waals surface area (Å²) in [6.45, 7) is 3.17. The number of sulfonamides is 1. The van der Waals surface area contributed by atoms with Crippen LogP contribution in [0.3, 0.4) is 0 Å². The fourth-order valence-electron chi connectivity index (χ4n) is 5.03. The first-order valence-electron chi connectivity index (χ1n) is 15.3. The van der Waals surface area contributed by atoms with Crippen molar-refractivity contribution in [2.24, 2.45) is 5.92 Å². The Morgan fingerprint density at radius 2 is 1.46 bits per heavy atom. The SMILES string of the molecule is COc1cccc(CN(C(=O)CN(c2cccc(C(F)(F)F)c2)S(=O)(=O)c2ccccc2)[C@H](Cc2ccccc2)C(=O)NCC(C)C)c1. The van der Waals surface area contributed by atoms with E-state index in [2.05, 4.69) is 5.32 Å². The second kappa shape index (κ2) is 15.8. The number of anilines is 1. The summed E-state index contributed by atoms with van der Waals surface area (Å²) < 4.78 is 75.4. The molecule has 4 aromatic carbocycles. The third-order valence-electron chi connectivity index (χ3n) is 7.51. The lowest BCUT2D eigenvalue weighted by Gasteiger charge is -2.34. The number of carbonyl (C=O) groups is 2. The van der Waals surface area contributed by atoms with Crippen LogP contribution in [0, 0.1) is 5.92 Å². The number of alkyl halides is 3. The summed E-state index contributed by atoms with van der Waals surface area (Å²) in [5.41, 5.74) is -0.0950. The standard InChI is InChI=1S/C36H38F3N3O5S/c1-26(2)23-40-35(44)33(21-27-12-6-4-7-13-27)41(24-28-14-10-17-31(20-28)47-3)34(43)25-42(48(45,46)32-18-8-5-9-19-32)30-16-11-15-29(22-30)36(37,38)39/h4-20,22,26,33H,21,23-25H2,1-3H3,(H,40,44)/t33-/m1/s1. The Morgan fingerprint density at radius 3 is 2.08 bits per heavy atom. The van der Waals surface area contributed by atoms with Crippen molar-refractivity contribution in [2.75, 3.05) is 24.5 Å². The smallest absolute Gasteiger partial charge is 0.416 e. The van der Waals surface area contributed by atoms with Crippen LogP contribution in [0.2, 0.25) is 0 Å². The van der Waals surface area contributed by atoms with Crippen LogP contribution in [0.15, 0.2) is 114 Å². The van der Waals surface area contributed by atoms with Gasteiger partial charge in [-0.25, -0.2) is 8.42 Å². The molecule has 0 fully saturated rings. The summed E-state index contributed by atoms with van der Waals surface area (Å²) in [5, 5.41) is 2.90. The van der Waals surface area contributed by atoms with Gasteiger partial charge in [-0.05, 0) is 59.5 Å². The van der Waals surface area contributed by atoms with Gasteiger partial charge in [0.1, 0.15) is 18.3 Å². The van der Waals surface area contributed by atoms with Gasteiger partial charge in [-0.3, -0.25) is 13.9 Å². The molecule has 2 amide bonds. The zero-order valence-corrected chi connectivity index (χ0v) is 27.7. The second-order valence-corrected chi connectivity index (χ2v) is 13.5. The Bertz CT molecular complexity index is 1790. The molecule has 48 heavy (non-hydrogen) atoms. The molecule has 0 spiro atoms. The van der Waals surface area contributed by atoms with E-state index in [9.17, 15) is 31.2 Å². The number of nitrogens with one attached hydrogen (secondary N) is 1. The van der Waals surface area contributed by atoms with E-state index < -0.39 is 46.2 Å². The molecule has 0 aromatic heterocycles. The number of nitrogens with zero attached hydrogens (tertiary/aromatic N) is 2. The molecule has 0 radical (unpaired) electrons. The average Bonchev–Trinajstić information content (AvgIpc) is 3.08. The van der Waals surface area contributed by atoms with Crippen molar-refractivity contribution in [1.82, 2.24) is 10.2 Å². The normalized spacial score (nSPS) is 12.3. The van der Waals surface area contributed by atoms with Gasteiger partial charge in [0.15, 0.2) is 0 Å². The molecule has 0 aliphatic rings. The van der Waals surface area contributed by atoms with Crippen molar-refractivity contribution < 1.29 is 35.9 Å². The van der Waals surface area contributed by atoms with Crippen molar-refractivity contribution in [3.63, 3.8) is 0 Å². The van der Waals surface area contributed by atoms with Gasteiger partial charge in [0, 0.05) is 19.5 Å². The van der Waals surface area contributed by atoms with Gasteiger partial charge in [-0.15, -0.1) is 0 Å². The zero-order chi connectivity index (χ0) is 34.9. The summed E-state index contributed by atoms with van der Waals surface area (Å²) >= 11 is 0. The molecular formula is C36H38F3N3O5S. The van der Waals surface area contributed by atoms with Crippen LogP contribution in [0.1, 0.15) is 30.5 Å². The Labute approximate surface area is 279 Å². The van der Waals surface area contributed by atoms with E-state index in [0.29, 0.717) is 28.2 Å². The Balaban J connectivity index is 1.84. The molecule has 1 atom stereocenters. The highest BCUT2D eigenvalue weighted by atomic mass is 32.2. The van der Waals surface area contributed by atoms with Crippen molar-refractivity contribution >= 4 is 27.5 Å². The minimum absolute atomic E-state index is 0.0927. The summed E-state index contributed by atoms with van der Waals surface area (Å²) in [6, 6.07) is 25.7. The third kappa shape index (κ3) is 9.37. The van der Waals surface area contributed by atoms with E-state index in [0.717, 1.165) is 17.7 Å². The Kier molecular flexibility index (Phi) is 11.9.